The summed E-state index contributed by atoms with van der Waals surface area (Å²) in [4.78, 5) is 135. The second kappa shape index (κ2) is 48.0. The maximum Gasteiger partial charge on any atom is 0.421 e. The number of halogens is 6. The van der Waals surface area contributed by atoms with Crippen molar-refractivity contribution in [3.8, 4) is 20.9 Å². The third-order valence-corrected chi connectivity index (χ3v) is 28.1. The molecule has 8 amide bonds. The number of amides is 8. The SMILES string of the molecule is CCc1cc(-c2scnc2C)ccc1[C@H](C)NC(=O)[C@@H]1C[C@@H](O)CN1C(=O)[C@@H](NC(C)=O)C(C)(C)C.CCc1cc(-c2scnc2C)ccc1[C@H](C)NC(=O)[C@@H]1C[C@@H](O)CN1C(=O)[C@@H](NC(C)=O)C(C)(C)C.CN1CCN(C(=O)c2ccc(Nc3ncc(C(F)(F)F)c(NCc4cccc(S(C)(=O)=O)c4)n3)cc2)CC1.CNC(=O)c1ccc(Nc2ncc(C(F)(F)F)c(NCc3cccc(S(C)(=O)=O)c3)n2)cc1. The summed E-state index contributed by atoms with van der Waals surface area (Å²) in [7, 11) is -3.43. The Bertz CT molecular complexity index is 6280. The topological polar surface area (TPSA) is 444 Å². The number of aryl methyl sites for hydroxylation is 4. The Morgan fingerprint density at radius 3 is 1.22 bits per heavy atom. The van der Waals surface area contributed by atoms with Crippen LogP contribution in [0.5, 0.6) is 0 Å². The summed E-state index contributed by atoms with van der Waals surface area (Å²) in [5.74, 6) is -3.44. The van der Waals surface area contributed by atoms with Crippen molar-refractivity contribution in [3.63, 3.8) is 0 Å². The summed E-state index contributed by atoms with van der Waals surface area (Å²) < 4.78 is 128. The standard InChI is InChI=1S/2C27H38N4O4S.C25H27F3N6O3S.C21H20F3N5O3S/c2*1-8-18-11-19(23-16(3)28-14-36-23)9-10-21(18)15(2)29-25(34)22-12-20(33)13-31(22)26(35)24(27(5,6)7)30-17(4)32;1-33-10-12-34(13-11-33)23(35)18-6-8-19(9-7-18)31-24-30-16-21(25(26,27)28)22(32-24)29-15-17-4-3-5-20(14-17)38(2,36)37;1-25-19(30)14-6-8-15(9-7-14)28-20-27-12-17(21(22,23)24)18(29-20)26-11-13-4-3-5-16(10-13)33(2,31)32/h2*9-11,14-15,20,22,24,33H,8,12-13H2,1-7H3,(H,29,34)(H,30,32);3-9,14,16H,10-13,15H2,1-2H3,(H2,29,30,31,32);3-10,12H,11H2,1-2H3,(H,25,30)(H2,26,27,28,29)/t2*15-,20+,22-,24+;;/m00../s1. The molecule has 0 radical (unpaired) electrons. The van der Waals surface area contributed by atoms with Crippen LogP contribution in [0.2, 0.25) is 0 Å². The van der Waals surface area contributed by atoms with Gasteiger partial charge in [-0.3, -0.25) is 38.4 Å². The van der Waals surface area contributed by atoms with Crippen LogP contribution in [0.4, 0.5) is 61.2 Å². The summed E-state index contributed by atoms with van der Waals surface area (Å²) >= 11 is 3.21. The number of hydrogen-bond donors (Lipinski definition) is 11. The molecule has 0 bridgehead atoms. The van der Waals surface area contributed by atoms with Crippen LogP contribution in [0.3, 0.4) is 0 Å². The highest BCUT2D eigenvalue weighted by Gasteiger charge is 2.47. The molecule has 43 heteroatoms. The van der Waals surface area contributed by atoms with E-state index in [4.69, 9.17) is 0 Å². The number of aliphatic hydroxyl groups excluding tert-OH is 2. The number of alkyl halides is 6. The lowest BCUT2D eigenvalue weighted by atomic mass is 9.85. The van der Waals surface area contributed by atoms with Crippen LogP contribution >= 0.6 is 22.7 Å². The van der Waals surface area contributed by atoms with Gasteiger partial charge in [-0.1, -0.05) is 104 Å². The Morgan fingerprint density at radius 2 is 0.888 bits per heavy atom. The van der Waals surface area contributed by atoms with E-state index in [-0.39, 0.29) is 120 Å². The fourth-order valence-electron chi connectivity index (χ4n) is 16.2. The van der Waals surface area contributed by atoms with Gasteiger partial charge in [-0.25, -0.2) is 36.8 Å². The molecule has 10 aromatic rings. The minimum atomic E-state index is -4.71. The molecule has 7 heterocycles. The molecule has 3 aliphatic rings. The van der Waals surface area contributed by atoms with E-state index in [1.54, 1.807) is 88.2 Å². The number of likely N-dealkylation sites (tertiary alicyclic amines) is 2. The number of anilines is 6. The maximum atomic E-state index is 13.6. The van der Waals surface area contributed by atoms with Crippen molar-refractivity contribution in [2.75, 3.05) is 87.1 Å². The predicted octanol–water partition coefficient (Wildman–Crippen LogP) is 14.0. The third kappa shape index (κ3) is 30.6. The molecule has 11 N–H and O–H groups in total. The normalized spacial score (nSPS) is 16.5. The molecule has 4 aromatic heterocycles. The molecule has 13 rings (SSSR count). The van der Waals surface area contributed by atoms with E-state index < -0.39 is 102 Å². The van der Waals surface area contributed by atoms with Crippen LogP contribution in [0.25, 0.3) is 20.9 Å². The van der Waals surface area contributed by atoms with Gasteiger partial charge in [0.05, 0.1) is 66.2 Å². The Morgan fingerprint density at radius 1 is 0.510 bits per heavy atom. The predicted molar refractivity (Wildman–Crippen MR) is 537 cm³/mol. The van der Waals surface area contributed by atoms with E-state index in [1.165, 1.54) is 67.1 Å². The first-order valence-electron chi connectivity index (χ1n) is 46.1. The number of aromatic nitrogens is 6. The van der Waals surface area contributed by atoms with Gasteiger partial charge in [-0.15, -0.1) is 22.7 Å². The van der Waals surface area contributed by atoms with Crippen LogP contribution in [0.1, 0.15) is 185 Å². The largest absolute Gasteiger partial charge is 0.421 e. The van der Waals surface area contributed by atoms with Gasteiger partial charge in [0.25, 0.3) is 11.8 Å². The molecule has 3 aliphatic heterocycles. The van der Waals surface area contributed by atoms with Crippen LogP contribution in [0, 0.1) is 24.7 Å². The molecule has 3 saturated heterocycles. The number of nitrogens with zero attached hydrogens (tertiary/aromatic N) is 10. The monoisotopic (exact) mass is 2060 g/mol. The van der Waals surface area contributed by atoms with E-state index in [0.717, 1.165) is 93.0 Å². The lowest BCUT2D eigenvalue weighted by Gasteiger charge is -2.35. The first kappa shape index (κ1) is 112. The summed E-state index contributed by atoms with van der Waals surface area (Å²) in [6.45, 7) is 28.7. The summed E-state index contributed by atoms with van der Waals surface area (Å²) in [5.41, 5.74) is 11.7. The van der Waals surface area contributed by atoms with Gasteiger partial charge in [0.1, 0.15) is 46.9 Å². The van der Waals surface area contributed by atoms with Crippen LogP contribution in [-0.2, 0) is 86.7 Å². The van der Waals surface area contributed by atoms with Crippen molar-refractivity contribution in [3.05, 3.63) is 224 Å². The molecule has 0 unspecified atom stereocenters. The first-order valence-corrected chi connectivity index (χ1v) is 51.6. The van der Waals surface area contributed by atoms with Gasteiger partial charge in [0, 0.05) is 134 Å². The van der Waals surface area contributed by atoms with Crippen molar-refractivity contribution in [2.24, 2.45) is 10.8 Å². The number of rotatable bonds is 28. The Hall–Kier alpha value is -12.9. The number of piperazine rings is 1. The molecule has 0 aliphatic carbocycles. The van der Waals surface area contributed by atoms with Crippen molar-refractivity contribution < 1.29 is 91.7 Å². The van der Waals surface area contributed by atoms with Gasteiger partial charge in [0.2, 0.25) is 47.3 Å². The Labute approximate surface area is 836 Å². The van der Waals surface area contributed by atoms with Gasteiger partial charge in [-0.2, -0.15) is 36.3 Å². The highest BCUT2D eigenvalue weighted by Crippen LogP contribution is 2.40. The molecule has 33 nitrogen and oxygen atoms in total. The highest BCUT2D eigenvalue weighted by atomic mass is 32.2. The average molecular weight is 2060 g/mol. The summed E-state index contributed by atoms with van der Waals surface area (Å²) in [6.07, 6.45) is -5.65. The van der Waals surface area contributed by atoms with Gasteiger partial charge >= 0.3 is 12.4 Å². The number of benzene rings is 6. The number of likely N-dealkylation sites (N-methyl/N-ethyl adjacent to an activating group) is 1. The van der Waals surface area contributed by atoms with Crippen molar-refractivity contribution >= 4 is 125 Å². The fourth-order valence-corrected chi connectivity index (χ4v) is 19.2. The van der Waals surface area contributed by atoms with Crippen molar-refractivity contribution in [1.82, 2.24) is 76.1 Å². The van der Waals surface area contributed by atoms with Gasteiger partial charge < -0.3 is 77.7 Å². The smallest absolute Gasteiger partial charge is 0.391 e. The second-order valence-electron chi connectivity index (χ2n) is 37.4. The minimum Gasteiger partial charge on any atom is -0.391 e. The number of aliphatic hydroxyl groups is 2. The molecule has 0 spiro atoms. The lowest BCUT2D eigenvalue weighted by molar-refractivity contribution is -0.144. The van der Waals surface area contributed by atoms with Crippen LogP contribution in [0.15, 0.2) is 167 Å². The van der Waals surface area contributed by atoms with Gasteiger partial charge in [0.15, 0.2) is 19.7 Å². The Kier molecular flexibility index (Phi) is 37.6. The van der Waals surface area contributed by atoms with E-state index in [9.17, 15) is 91.7 Å². The van der Waals surface area contributed by atoms with E-state index in [1.807, 2.05) is 112 Å². The molecule has 3 fully saturated rings. The number of nitrogens with one attached hydrogen (secondary N) is 9. The lowest BCUT2D eigenvalue weighted by Crippen LogP contribution is -2.57. The fraction of sp³-hybridized carbons (Fsp3) is 0.420. The zero-order valence-corrected chi connectivity index (χ0v) is 86.0. The third-order valence-electron chi connectivity index (χ3n) is 23.9. The van der Waals surface area contributed by atoms with Crippen LogP contribution < -0.4 is 47.9 Å². The minimum absolute atomic E-state index is 0.0561. The number of carbonyl (C=O) groups is 8. The van der Waals surface area contributed by atoms with Crippen molar-refractivity contribution in [2.45, 2.75) is 206 Å². The van der Waals surface area contributed by atoms with E-state index >= 15 is 0 Å². The number of carbonyl (C=O) groups excluding carboxylic acids is 8. The first-order chi connectivity index (χ1) is 67.0. The van der Waals surface area contributed by atoms with Crippen LogP contribution in [-0.4, -0.2) is 226 Å². The van der Waals surface area contributed by atoms with E-state index in [2.05, 4.69) is 109 Å². The molecular formula is C100H123F6N19O14S4. The molecule has 768 valence electrons. The Balaban J connectivity index is 0.000000196. The number of β-amino-alcohol motifs (C(OH)–C–C–N with tert-alkyl or cyclic N) is 2. The zero-order chi connectivity index (χ0) is 105. The summed E-state index contributed by atoms with van der Waals surface area (Å²) in [6, 6.07) is 33.2. The second-order valence-corrected chi connectivity index (χ2v) is 43.1. The molecule has 8 atom stereocenters. The molecule has 0 saturated carbocycles. The maximum absolute atomic E-state index is 13.6. The molecule has 6 aromatic carbocycles. The van der Waals surface area contributed by atoms with Gasteiger partial charge in [-0.05, 0) is 188 Å². The molecular weight excluding hydrogens is 1930 g/mol. The average Bonchev–Trinajstić information content (AvgIpc) is 1.62. The number of thiazole rings is 2. The zero-order valence-electron chi connectivity index (χ0n) is 82.8. The summed E-state index contributed by atoms with van der Waals surface area (Å²) in [5, 5.41) is 45.7. The number of sulfone groups is 2. The van der Waals surface area contributed by atoms with Crippen molar-refractivity contribution in [1.29, 1.82) is 0 Å². The van der Waals surface area contributed by atoms with E-state index in [0.29, 0.717) is 59.1 Å². The molecule has 143 heavy (non-hydrogen) atoms. The highest BCUT2D eigenvalue weighted by molar-refractivity contribution is 7.91. The number of hydrogen-bond acceptors (Lipinski definition) is 27. The quantitative estimate of drug-likeness (QED) is 0.0203.